The van der Waals surface area contributed by atoms with Crippen LogP contribution < -0.4 is 0 Å². The molecule has 2 aromatic rings. The number of hydrogen-bond acceptors (Lipinski definition) is 3. The van der Waals surface area contributed by atoms with Gasteiger partial charge in [0.15, 0.2) is 0 Å². The molecule has 0 atom stereocenters. The number of thiol groups is 1. The Morgan fingerprint density at radius 3 is 2.25 bits per heavy atom. The van der Waals surface area contributed by atoms with Crippen molar-refractivity contribution >= 4 is 24.0 Å². The molecule has 0 heterocycles. The summed E-state index contributed by atoms with van der Waals surface area (Å²) < 4.78 is 0. The zero-order valence-corrected chi connectivity index (χ0v) is 9.64. The van der Waals surface area contributed by atoms with E-state index in [2.05, 4.69) is 22.9 Å². The first kappa shape index (κ1) is 10.9. The number of rotatable bonds is 3. The Labute approximate surface area is 100 Å². The molecule has 0 fully saturated rings. The van der Waals surface area contributed by atoms with Crippen LogP contribution in [0, 0.1) is 0 Å². The van der Waals surface area contributed by atoms with E-state index in [9.17, 15) is 0 Å². The minimum atomic E-state index is 0.671. The summed E-state index contributed by atoms with van der Waals surface area (Å²) in [5.74, 6) is 0.671. The number of hydrogen-bond donors (Lipinski definition) is 1. The average Bonchev–Trinajstić information content (AvgIpc) is 2.38. The zero-order valence-electron chi connectivity index (χ0n) is 8.74. The molecule has 0 saturated heterocycles. The van der Waals surface area contributed by atoms with Gasteiger partial charge in [-0.1, -0.05) is 36.4 Å². The average molecular weight is 228 g/mol. The molecule has 0 radical (unpaired) electrons. The molecule has 0 spiro atoms. The normalized spacial score (nSPS) is 10.8. The van der Waals surface area contributed by atoms with Gasteiger partial charge < -0.3 is 0 Å². The van der Waals surface area contributed by atoms with Crippen LogP contribution in [0.1, 0.15) is 5.56 Å². The quantitative estimate of drug-likeness (QED) is 0.589. The van der Waals surface area contributed by atoms with Crippen LogP contribution in [0.15, 0.2) is 64.8 Å². The van der Waals surface area contributed by atoms with E-state index >= 15 is 0 Å². The molecular formula is C13H12N2S. The summed E-state index contributed by atoms with van der Waals surface area (Å²) >= 11 is 4.26. The third-order valence-electron chi connectivity index (χ3n) is 2.19. The smallest absolute Gasteiger partial charge is 0.0897 e. The Morgan fingerprint density at radius 2 is 1.50 bits per heavy atom. The summed E-state index contributed by atoms with van der Waals surface area (Å²) in [5, 5.41) is 8.40. The van der Waals surface area contributed by atoms with Crippen molar-refractivity contribution in [1.82, 2.24) is 0 Å². The topological polar surface area (TPSA) is 24.7 Å². The highest BCUT2D eigenvalue weighted by Crippen LogP contribution is 2.22. The van der Waals surface area contributed by atoms with Crippen LogP contribution in [0.3, 0.4) is 0 Å². The van der Waals surface area contributed by atoms with E-state index in [0.29, 0.717) is 5.75 Å². The highest BCUT2D eigenvalue weighted by atomic mass is 32.1. The van der Waals surface area contributed by atoms with Gasteiger partial charge in [0, 0.05) is 5.75 Å². The number of azo groups is 1. The van der Waals surface area contributed by atoms with Crippen molar-refractivity contribution in [3.8, 4) is 0 Å². The second kappa shape index (κ2) is 5.47. The molecule has 0 saturated carbocycles. The van der Waals surface area contributed by atoms with Crippen molar-refractivity contribution in [2.45, 2.75) is 5.75 Å². The van der Waals surface area contributed by atoms with E-state index in [0.717, 1.165) is 16.9 Å². The fraction of sp³-hybridized carbons (Fsp3) is 0.0769. The summed E-state index contributed by atoms with van der Waals surface area (Å²) in [6, 6.07) is 17.6. The van der Waals surface area contributed by atoms with Crippen molar-refractivity contribution in [1.29, 1.82) is 0 Å². The first-order chi connectivity index (χ1) is 7.90. The summed E-state index contributed by atoms with van der Waals surface area (Å²) in [6.45, 7) is 0. The van der Waals surface area contributed by atoms with Gasteiger partial charge in [-0.2, -0.15) is 22.9 Å². The van der Waals surface area contributed by atoms with Crippen LogP contribution >= 0.6 is 12.6 Å². The number of benzene rings is 2. The molecule has 2 aromatic carbocycles. The fourth-order valence-corrected chi connectivity index (χ4v) is 1.62. The molecule has 0 aliphatic heterocycles. The second-order valence-electron chi connectivity index (χ2n) is 3.32. The van der Waals surface area contributed by atoms with E-state index in [-0.39, 0.29) is 0 Å². The van der Waals surface area contributed by atoms with Crippen LogP contribution in [0.4, 0.5) is 11.4 Å². The van der Waals surface area contributed by atoms with Crippen molar-refractivity contribution in [3.63, 3.8) is 0 Å². The maximum Gasteiger partial charge on any atom is 0.0897 e. The second-order valence-corrected chi connectivity index (χ2v) is 3.64. The Bertz CT molecular complexity index is 480. The predicted molar refractivity (Wildman–Crippen MR) is 69.8 cm³/mol. The monoisotopic (exact) mass is 228 g/mol. The first-order valence-electron chi connectivity index (χ1n) is 5.06. The Balaban J connectivity index is 2.24. The minimum absolute atomic E-state index is 0.671. The lowest BCUT2D eigenvalue weighted by Crippen LogP contribution is -1.76. The fourth-order valence-electron chi connectivity index (χ4n) is 1.35. The van der Waals surface area contributed by atoms with Crippen LogP contribution in [0.25, 0.3) is 0 Å². The van der Waals surface area contributed by atoms with Crippen molar-refractivity contribution in [2.75, 3.05) is 0 Å². The van der Waals surface area contributed by atoms with Crippen molar-refractivity contribution in [3.05, 3.63) is 60.2 Å². The lowest BCUT2D eigenvalue weighted by atomic mass is 10.2. The maximum absolute atomic E-state index is 4.26. The van der Waals surface area contributed by atoms with Gasteiger partial charge in [0.25, 0.3) is 0 Å². The van der Waals surface area contributed by atoms with Gasteiger partial charge >= 0.3 is 0 Å². The molecule has 80 valence electrons. The predicted octanol–water partition coefficient (Wildman–Crippen LogP) is 4.53. The molecule has 0 amide bonds. The molecule has 0 unspecified atom stereocenters. The van der Waals surface area contributed by atoms with Gasteiger partial charge in [-0.25, -0.2) is 0 Å². The third-order valence-corrected chi connectivity index (χ3v) is 2.53. The van der Waals surface area contributed by atoms with Gasteiger partial charge in [-0.05, 0) is 23.8 Å². The van der Waals surface area contributed by atoms with Crippen LogP contribution in [-0.2, 0) is 5.75 Å². The Morgan fingerprint density at radius 1 is 0.812 bits per heavy atom. The molecule has 2 rings (SSSR count). The van der Waals surface area contributed by atoms with Crippen molar-refractivity contribution < 1.29 is 0 Å². The van der Waals surface area contributed by atoms with Gasteiger partial charge in [0.1, 0.15) is 0 Å². The Hall–Kier alpha value is -1.61. The highest BCUT2D eigenvalue weighted by molar-refractivity contribution is 7.79. The summed E-state index contributed by atoms with van der Waals surface area (Å²) in [6.07, 6.45) is 0. The molecule has 0 aromatic heterocycles. The summed E-state index contributed by atoms with van der Waals surface area (Å²) in [4.78, 5) is 0. The summed E-state index contributed by atoms with van der Waals surface area (Å²) in [5.41, 5.74) is 2.82. The van der Waals surface area contributed by atoms with Crippen LogP contribution in [-0.4, -0.2) is 0 Å². The lowest BCUT2D eigenvalue weighted by molar-refractivity contribution is 1.20. The van der Waals surface area contributed by atoms with Gasteiger partial charge in [-0.15, -0.1) is 0 Å². The minimum Gasteiger partial charge on any atom is -0.174 e. The van der Waals surface area contributed by atoms with Crippen LogP contribution in [0.2, 0.25) is 0 Å². The standard InChI is InChI=1S/C13H12N2S/c16-10-11-6-4-5-9-13(11)15-14-12-7-2-1-3-8-12/h1-9,16H,10H2. The third kappa shape index (κ3) is 2.70. The molecule has 0 bridgehead atoms. The molecule has 0 aliphatic carbocycles. The van der Waals surface area contributed by atoms with Crippen molar-refractivity contribution in [2.24, 2.45) is 10.2 Å². The molecule has 16 heavy (non-hydrogen) atoms. The van der Waals surface area contributed by atoms with E-state index in [1.807, 2.05) is 54.6 Å². The zero-order chi connectivity index (χ0) is 11.2. The van der Waals surface area contributed by atoms with E-state index < -0.39 is 0 Å². The molecule has 0 N–H and O–H groups in total. The van der Waals surface area contributed by atoms with Gasteiger partial charge in [0.2, 0.25) is 0 Å². The van der Waals surface area contributed by atoms with Gasteiger partial charge in [0.05, 0.1) is 11.4 Å². The SMILES string of the molecule is SCc1ccccc1N=Nc1ccccc1. The molecule has 0 aliphatic rings. The van der Waals surface area contributed by atoms with E-state index in [4.69, 9.17) is 0 Å². The van der Waals surface area contributed by atoms with E-state index in [1.165, 1.54) is 0 Å². The molecular weight excluding hydrogens is 216 g/mol. The lowest BCUT2D eigenvalue weighted by Gasteiger charge is -1.99. The maximum atomic E-state index is 4.26. The number of nitrogens with zero attached hydrogens (tertiary/aromatic N) is 2. The highest BCUT2D eigenvalue weighted by Gasteiger charge is 1.97. The Kier molecular flexibility index (Phi) is 3.72. The molecule has 3 heteroatoms. The van der Waals surface area contributed by atoms with E-state index in [1.54, 1.807) is 0 Å². The first-order valence-corrected chi connectivity index (χ1v) is 5.69. The summed E-state index contributed by atoms with van der Waals surface area (Å²) in [7, 11) is 0. The van der Waals surface area contributed by atoms with Crippen LogP contribution in [0.5, 0.6) is 0 Å². The van der Waals surface area contributed by atoms with Gasteiger partial charge in [-0.3, -0.25) is 0 Å². The largest absolute Gasteiger partial charge is 0.174 e. The molecule has 2 nitrogen and oxygen atoms in total.